The van der Waals surface area contributed by atoms with Crippen LogP contribution in [0, 0.1) is 0 Å². The number of carbonyl (C=O) groups excluding carboxylic acids is 1. The number of nitrogens with one attached hydrogen (secondary N) is 2. The van der Waals surface area contributed by atoms with Crippen LogP contribution in [0.4, 0.5) is 0 Å². The Hall–Kier alpha value is -3.15. The molecule has 0 saturated heterocycles. The van der Waals surface area contributed by atoms with Crippen molar-refractivity contribution in [2.24, 2.45) is 0 Å². The van der Waals surface area contributed by atoms with Gasteiger partial charge in [-0.2, -0.15) is 5.10 Å². The predicted octanol–water partition coefficient (Wildman–Crippen LogP) is 3.98. The first-order valence-electron chi connectivity index (χ1n) is 10.6. The lowest BCUT2D eigenvalue weighted by Crippen LogP contribution is -2.44. The third-order valence-corrected chi connectivity index (χ3v) is 6.56. The quantitative estimate of drug-likeness (QED) is 0.693. The Bertz CT molecular complexity index is 1160. The monoisotopic (exact) mass is 403 g/mol. The van der Waals surface area contributed by atoms with Gasteiger partial charge in [0.2, 0.25) is 5.91 Å². The van der Waals surface area contributed by atoms with Crippen molar-refractivity contribution in [1.29, 1.82) is 0 Å². The molecule has 2 aliphatic rings. The number of para-hydroxylation sites is 1. The van der Waals surface area contributed by atoms with Crippen LogP contribution in [0.1, 0.15) is 62.2 Å². The molecule has 0 radical (unpaired) electrons. The molecule has 1 aliphatic carbocycles. The topological polar surface area (TPSA) is 84.1 Å². The summed E-state index contributed by atoms with van der Waals surface area (Å²) in [7, 11) is 0. The molecule has 3 aromatic rings. The molecule has 2 N–H and O–H groups in total. The minimum Gasteiger partial charge on any atom is -0.487 e. The van der Waals surface area contributed by atoms with E-state index in [1.807, 2.05) is 49.4 Å². The summed E-state index contributed by atoms with van der Waals surface area (Å²) >= 11 is 0. The molecule has 1 fully saturated rings. The van der Waals surface area contributed by atoms with Crippen LogP contribution >= 0.6 is 0 Å². The standard InChI is InChI=1S/C24H25N3O3/c1-15(21-16-8-2-3-9-17(16)23(29)27-26-21)22(28)25-19-14-24(12-6-7-13-24)30-20-11-5-4-10-18(19)20/h2-5,8-11,15,19H,6-7,12-14H2,1H3,(H,25,28)(H,27,29)/t15-,19-/m0/s1. The minimum atomic E-state index is -0.499. The van der Waals surface area contributed by atoms with E-state index < -0.39 is 5.92 Å². The number of aromatic amines is 1. The van der Waals surface area contributed by atoms with Gasteiger partial charge in [0.15, 0.2) is 0 Å². The molecule has 0 bridgehead atoms. The summed E-state index contributed by atoms with van der Waals surface area (Å²) in [4.78, 5) is 25.4. The van der Waals surface area contributed by atoms with E-state index in [-0.39, 0.29) is 23.1 Å². The Morgan fingerprint density at radius 1 is 1.13 bits per heavy atom. The first-order valence-corrected chi connectivity index (χ1v) is 10.6. The number of rotatable bonds is 3. The molecule has 6 heteroatoms. The number of nitrogens with zero attached hydrogens (tertiary/aromatic N) is 1. The van der Waals surface area contributed by atoms with Crippen molar-refractivity contribution < 1.29 is 9.53 Å². The van der Waals surface area contributed by atoms with Crippen molar-refractivity contribution in [3.8, 4) is 5.75 Å². The third kappa shape index (κ3) is 3.16. The molecular weight excluding hydrogens is 378 g/mol. The summed E-state index contributed by atoms with van der Waals surface area (Å²) in [6.45, 7) is 1.83. The van der Waals surface area contributed by atoms with Gasteiger partial charge < -0.3 is 10.1 Å². The van der Waals surface area contributed by atoms with E-state index in [0.717, 1.165) is 43.4 Å². The second-order valence-corrected chi connectivity index (χ2v) is 8.50. The van der Waals surface area contributed by atoms with Gasteiger partial charge in [-0.15, -0.1) is 0 Å². The van der Waals surface area contributed by atoms with Crippen LogP contribution in [0.3, 0.4) is 0 Å². The molecule has 2 heterocycles. The van der Waals surface area contributed by atoms with Gasteiger partial charge in [-0.25, -0.2) is 5.10 Å². The van der Waals surface area contributed by atoms with Crippen molar-refractivity contribution >= 4 is 16.7 Å². The smallest absolute Gasteiger partial charge is 0.272 e. The maximum atomic E-state index is 13.3. The van der Waals surface area contributed by atoms with E-state index in [4.69, 9.17) is 4.74 Å². The molecule has 2 atom stereocenters. The average Bonchev–Trinajstić information content (AvgIpc) is 3.21. The largest absolute Gasteiger partial charge is 0.487 e. The highest BCUT2D eigenvalue weighted by molar-refractivity contribution is 5.91. The van der Waals surface area contributed by atoms with E-state index in [1.165, 1.54) is 0 Å². The maximum Gasteiger partial charge on any atom is 0.272 e. The summed E-state index contributed by atoms with van der Waals surface area (Å²) in [5.41, 5.74) is 1.18. The van der Waals surface area contributed by atoms with Crippen molar-refractivity contribution in [1.82, 2.24) is 15.5 Å². The Morgan fingerprint density at radius 3 is 2.63 bits per heavy atom. The normalized spacial score (nSPS) is 20.5. The SMILES string of the molecule is C[C@H](C(=O)N[C@H]1CC2(CCCC2)Oc2ccccc21)c1n[nH]c(=O)c2ccccc12. The fourth-order valence-corrected chi connectivity index (χ4v) is 4.96. The molecule has 1 spiro atoms. The first kappa shape index (κ1) is 18.9. The number of amides is 1. The van der Waals surface area contributed by atoms with Gasteiger partial charge in [0.1, 0.15) is 11.4 Å². The van der Waals surface area contributed by atoms with Gasteiger partial charge in [-0.05, 0) is 44.7 Å². The first-order chi connectivity index (χ1) is 14.6. The number of ether oxygens (including phenoxy) is 1. The van der Waals surface area contributed by atoms with Crippen LogP contribution in [0.2, 0.25) is 0 Å². The number of H-pyrrole nitrogens is 1. The number of benzene rings is 2. The number of aromatic nitrogens is 2. The van der Waals surface area contributed by atoms with Gasteiger partial charge in [-0.1, -0.05) is 36.4 Å². The van der Waals surface area contributed by atoms with Gasteiger partial charge in [0, 0.05) is 17.4 Å². The van der Waals surface area contributed by atoms with Crippen LogP contribution < -0.4 is 15.6 Å². The zero-order chi connectivity index (χ0) is 20.7. The number of hydrogen-bond donors (Lipinski definition) is 2. The van der Waals surface area contributed by atoms with Crippen LogP contribution in [-0.4, -0.2) is 21.7 Å². The lowest BCUT2D eigenvalue weighted by Gasteiger charge is -2.40. The van der Waals surface area contributed by atoms with Crippen LogP contribution in [-0.2, 0) is 4.79 Å². The second-order valence-electron chi connectivity index (χ2n) is 8.50. The summed E-state index contributed by atoms with van der Waals surface area (Å²) in [6, 6.07) is 15.1. The second kappa shape index (κ2) is 7.27. The van der Waals surface area contributed by atoms with Crippen molar-refractivity contribution in [3.63, 3.8) is 0 Å². The zero-order valence-electron chi connectivity index (χ0n) is 17.0. The molecule has 1 saturated carbocycles. The van der Waals surface area contributed by atoms with Crippen molar-refractivity contribution in [3.05, 3.63) is 70.1 Å². The fourth-order valence-electron chi connectivity index (χ4n) is 4.96. The van der Waals surface area contributed by atoms with Crippen molar-refractivity contribution in [2.75, 3.05) is 0 Å². The molecular formula is C24H25N3O3. The summed E-state index contributed by atoms with van der Waals surface area (Å²) in [6.07, 6.45) is 5.14. The van der Waals surface area contributed by atoms with Crippen LogP contribution in [0.15, 0.2) is 53.3 Å². The van der Waals surface area contributed by atoms with E-state index in [9.17, 15) is 9.59 Å². The van der Waals surface area contributed by atoms with Gasteiger partial charge in [-0.3, -0.25) is 9.59 Å². The minimum absolute atomic E-state index is 0.1000. The maximum absolute atomic E-state index is 13.3. The molecule has 6 nitrogen and oxygen atoms in total. The van der Waals surface area contributed by atoms with E-state index >= 15 is 0 Å². The third-order valence-electron chi connectivity index (χ3n) is 6.56. The van der Waals surface area contributed by atoms with Crippen LogP contribution in [0.25, 0.3) is 10.8 Å². The molecule has 30 heavy (non-hydrogen) atoms. The number of fused-ring (bicyclic) bond motifs is 2. The van der Waals surface area contributed by atoms with Gasteiger partial charge >= 0.3 is 0 Å². The molecule has 0 unspecified atom stereocenters. The fraction of sp³-hybridized carbons (Fsp3) is 0.375. The Morgan fingerprint density at radius 2 is 1.83 bits per heavy atom. The average molecular weight is 403 g/mol. The Balaban J connectivity index is 1.45. The van der Waals surface area contributed by atoms with E-state index in [1.54, 1.807) is 6.07 Å². The Labute approximate surface area is 174 Å². The molecule has 154 valence electrons. The molecule has 1 aliphatic heterocycles. The summed E-state index contributed by atoms with van der Waals surface area (Å²) in [5, 5.41) is 11.3. The highest BCUT2D eigenvalue weighted by atomic mass is 16.5. The lowest BCUT2D eigenvalue weighted by molar-refractivity contribution is -0.123. The molecule has 1 amide bonds. The molecule has 2 aromatic carbocycles. The highest BCUT2D eigenvalue weighted by Gasteiger charge is 2.43. The lowest BCUT2D eigenvalue weighted by atomic mass is 9.85. The summed E-state index contributed by atoms with van der Waals surface area (Å²) in [5.74, 6) is 0.270. The van der Waals surface area contributed by atoms with Gasteiger partial charge in [0.05, 0.1) is 23.0 Å². The van der Waals surface area contributed by atoms with Gasteiger partial charge in [0.25, 0.3) is 5.56 Å². The summed E-state index contributed by atoms with van der Waals surface area (Å²) < 4.78 is 6.40. The predicted molar refractivity (Wildman–Crippen MR) is 115 cm³/mol. The van der Waals surface area contributed by atoms with E-state index in [2.05, 4.69) is 15.5 Å². The number of hydrogen-bond acceptors (Lipinski definition) is 4. The number of carbonyl (C=O) groups is 1. The van der Waals surface area contributed by atoms with Crippen LogP contribution in [0.5, 0.6) is 5.75 Å². The Kier molecular flexibility index (Phi) is 4.57. The van der Waals surface area contributed by atoms with E-state index in [0.29, 0.717) is 16.5 Å². The van der Waals surface area contributed by atoms with Crippen molar-refractivity contribution in [2.45, 2.75) is 56.6 Å². The molecule has 5 rings (SSSR count). The zero-order valence-corrected chi connectivity index (χ0v) is 17.0. The highest BCUT2D eigenvalue weighted by Crippen LogP contribution is 2.47. The molecule has 1 aromatic heterocycles.